The lowest BCUT2D eigenvalue weighted by molar-refractivity contribution is -0.133. The number of Topliss-reactive ketones (excluding diaryl/α,β-unsaturated/α-hetero) is 1. The Bertz CT molecular complexity index is 1100. The molecule has 36 heavy (non-hydrogen) atoms. The number of hydrogen-bond acceptors (Lipinski definition) is 5. The fourth-order valence-corrected chi connectivity index (χ4v) is 8.44. The molecule has 0 spiro atoms. The van der Waals surface area contributed by atoms with Gasteiger partial charge in [0, 0.05) is 18.1 Å². The number of aromatic nitrogens is 3. The largest absolute Gasteiger partial charge is 0.390 e. The quantitative estimate of drug-likeness (QED) is 0.451. The molecule has 6 unspecified atom stereocenters. The molecule has 0 radical (unpaired) electrons. The number of fused-ring (bicyclic) bond motifs is 2. The number of carbonyl (C=O) groups is 1. The Hall–Kier alpha value is -1.50. The van der Waals surface area contributed by atoms with Gasteiger partial charge in [0.05, 0.1) is 17.7 Å². The Labute approximate surface area is 220 Å². The lowest BCUT2D eigenvalue weighted by atomic mass is 9.51. The monoisotopic (exact) mass is 515 g/mol. The molecule has 6 atom stereocenters. The predicted molar refractivity (Wildman–Crippen MR) is 142 cm³/mol. The lowest BCUT2D eigenvalue weighted by Gasteiger charge is -2.56. The van der Waals surface area contributed by atoms with Crippen LogP contribution in [-0.2, 0) is 16.1 Å². The third kappa shape index (κ3) is 4.86. The Kier molecular flexibility index (Phi) is 7.25. The van der Waals surface area contributed by atoms with Crippen LogP contribution in [-0.4, -0.2) is 45.2 Å². The van der Waals surface area contributed by atoms with Crippen LogP contribution in [0.1, 0.15) is 84.5 Å². The molecule has 5 rings (SSSR count). The second-order valence-corrected chi connectivity index (χ2v) is 13.1. The van der Waals surface area contributed by atoms with Gasteiger partial charge in [-0.15, -0.1) is 5.10 Å². The predicted octanol–water partition coefficient (Wildman–Crippen LogP) is 6.22. The van der Waals surface area contributed by atoms with Crippen LogP contribution >= 0.6 is 11.6 Å². The van der Waals surface area contributed by atoms with Crippen molar-refractivity contribution in [2.75, 3.05) is 13.7 Å². The van der Waals surface area contributed by atoms with Gasteiger partial charge in [-0.05, 0) is 106 Å². The molecule has 0 aliphatic heterocycles. The second kappa shape index (κ2) is 9.99. The molecule has 1 heterocycles. The van der Waals surface area contributed by atoms with E-state index in [0.29, 0.717) is 16.9 Å². The van der Waals surface area contributed by atoms with Crippen molar-refractivity contribution in [2.24, 2.45) is 28.6 Å². The fraction of sp³-hybridized carbons (Fsp3) is 0.759. The first-order valence-corrected chi connectivity index (χ1v) is 14.3. The van der Waals surface area contributed by atoms with Crippen molar-refractivity contribution >= 4 is 28.4 Å². The van der Waals surface area contributed by atoms with E-state index in [1.54, 1.807) is 10.7 Å². The van der Waals surface area contributed by atoms with E-state index in [9.17, 15) is 9.90 Å². The standard InChI is InChI=1S/C29H42ClN3O3/c1-27(13-11-20-6-4-7-21-17-28(2,35)14-15-29(20,21)19-36-3)12-5-8-23(27)26(34)18-33-25-16-22(30)9-10-24(25)31-32-33/h9-10,16,20-21,23,35H,4-8,11-15,17-19H2,1-3H3. The minimum Gasteiger partial charge on any atom is -0.390 e. The van der Waals surface area contributed by atoms with Gasteiger partial charge < -0.3 is 9.84 Å². The van der Waals surface area contributed by atoms with Gasteiger partial charge in [0.2, 0.25) is 0 Å². The van der Waals surface area contributed by atoms with E-state index >= 15 is 0 Å². The van der Waals surface area contributed by atoms with Crippen LogP contribution in [0.4, 0.5) is 0 Å². The number of halogens is 1. The number of benzene rings is 1. The van der Waals surface area contributed by atoms with Crippen molar-refractivity contribution in [2.45, 2.75) is 96.6 Å². The van der Waals surface area contributed by atoms with Crippen LogP contribution < -0.4 is 0 Å². The van der Waals surface area contributed by atoms with Crippen molar-refractivity contribution in [3.63, 3.8) is 0 Å². The third-order valence-electron chi connectivity index (χ3n) is 10.3. The van der Waals surface area contributed by atoms with Gasteiger partial charge in [-0.25, -0.2) is 4.68 Å². The van der Waals surface area contributed by atoms with Gasteiger partial charge in [-0.3, -0.25) is 4.79 Å². The Balaban J connectivity index is 1.29. The van der Waals surface area contributed by atoms with Crippen molar-refractivity contribution in [1.82, 2.24) is 15.0 Å². The average Bonchev–Trinajstić information content (AvgIpc) is 3.41. The molecule has 2 aromatic rings. The average molecular weight is 516 g/mol. The number of carbonyl (C=O) groups excluding carboxylic acids is 1. The first kappa shape index (κ1) is 26.1. The zero-order valence-corrected chi connectivity index (χ0v) is 22.9. The smallest absolute Gasteiger partial charge is 0.157 e. The number of methoxy groups -OCH3 is 1. The first-order valence-electron chi connectivity index (χ1n) is 13.9. The van der Waals surface area contributed by atoms with E-state index in [-0.39, 0.29) is 29.1 Å². The van der Waals surface area contributed by atoms with Gasteiger partial charge in [-0.2, -0.15) is 0 Å². The maximum atomic E-state index is 13.6. The summed E-state index contributed by atoms with van der Waals surface area (Å²) >= 11 is 6.19. The summed E-state index contributed by atoms with van der Waals surface area (Å²) in [4.78, 5) is 13.6. The van der Waals surface area contributed by atoms with E-state index in [1.165, 1.54) is 19.3 Å². The molecule has 1 N–H and O–H groups in total. The number of rotatable bonds is 8. The molecule has 0 saturated heterocycles. The SMILES string of the molecule is COCC12CCC(C)(O)CC1CCCC2CCC1(C)CCCC1C(=O)Cn1nnc2ccc(Cl)cc21. The molecule has 3 fully saturated rings. The summed E-state index contributed by atoms with van der Waals surface area (Å²) in [7, 11) is 1.83. The molecule has 6 nitrogen and oxygen atoms in total. The summed E-state index contributed by atoms with van der Waals surface area (Å²) in [5.41, 5.74) is 1.23. The molecule has 1 aromatic carbocycles. The molecule has 198 valence electrons. The summed E-state index contributed by atoms with van der Waals surface area (Å²) < 4.78 is 7.56. The molecule has 3 aliphatic rings. The van der Waals surface area contributed by atoms with Crippen LogP contribution in [0.25, 0.3) is 11.0 Å². The van der Waals surface area contributed by atoms with Crippen LogP contribution in [0.5, 0.6) is 0 Å². The van der Waals surface area contributed by atoms with Gasteiger partial charge in [-0.1, -0.05) is 36.6 Å². The summed E-state index contributed by atoms with van der Waals surface area (Å²) in [6, 6.07) is 5.50. The zero-order valence-electron chi connectivity index (χ0n) is 22.1. The van der Waals surface area contributed by atoms with Crippen LogP contribution in [0.2, 0.25) is 5.02 Å². The molecule has 0 amide bonds. The minimum absolute atomic E-state index is 0.0203. The van der Waals surface area contributed by atoms with Crippen molar-refractivity contribution in [3.05, 3.63) is 23.2 Å². The molecule has 0 bridgehead atoms. The van der Waals surface area contributed by atoms with Gasteiger partial charge in [0.25, 0.3) is 0 Å². The second-order valence-electron chi connectivity index (χ2n) is 12.7. The van der Waals surface area contributed by atoms with Crippen molar-refractivity contribution in [1.29, 1.82) is 0 Å². The number of aliphatic hydroxyl groups is 1. The number of ether oxygens (including phenoxy) is 1. The summed E-state index contributed by atoms with van der Waals surface area (Å²) in [5.74, 6) is 1.45. The summed E-state index contributed by atoms with van der Waals surface area (Å²) in [6.07, 6.45) is 11.9. The van der Waals surface area contributed by atoms with E-state index in [4.69, 9.17) is 16.3 Å². The normalized spacial score (nSPS) is 36.8. The third-order valence-corrected chi connectivity index (χ3v) is 10.5. The minimum atomic E-state index is -0.547. The maximum Gasteiger partial charge on any atom is 0.157 e. The first-order chi connectivity index (χ1) is 17.2. The lowest BCUT2D eigenvalue weighted by Crippen LogP contribution is -2.52. The summed E-state index contributed by atoms with van der Waals surface area (Å²) in [6.45, 7) is 5.40. The summed E-state index contributed by atoms with van der Waals surface area (Å²) in [5, 5.41) is 19.9. The van der Waals surface area contributed by atoms with E-state index in [2.05, 4.69) is 17.2 Å². The van der Waals surface area contributed by atoms with Gasteiger partial charge in [0.1, 0.15) is 12.1 Å². The molecule has 3 aliphatic carbocycles. The van der Waals surface area contributed by atoms with Crippen LogP contribution in [0.15, 0.2) is 18.2 Å². The van der Waals surface area contributed by atoms with Crippen molar-refractivity contribution in [3.8, 4) is 0 Å². The number of nitrogens with zero attached hydrogens (tertiary/aromatic N) is 3. The molecular weight excluding hydrogens is 474 g/mol. The topological polar surface area (TPSA) is 77.2 Å². The van der Waals surface area contributed by atoms with E-state index in [1.807, 2.05) is 26.2 Å². The number of hydrogen-bond donors (Lipinski definition) is 1. The Morgan fingerprint density at radius 2 is 2.03 bits per heavy atom. The highest BCUT2D eigenvalue weighted by atomic mass is 35.5. The molecule has 7 heteroatoms. The molecule has 3 saturated carbocycles. The molecule has 1 aromatic heterocycles. The van der Waals surface area contributed by atoms with Crippen LogP contribution in [0.3, 0.4) is 0 Å². The number of ketones is 1. The zero-order chi connectivity index (χ0) is 25.6. The van der Waals surface area contributed by atoms with Gasteiger partial charge >= 0.3 is 0 Å². The van der Waals surface area contributed by atoms with E-state index < -0.39 is 5.60 Å². The van der Waals surface area contributed by atoms with Gasteiger partial charge in [0.15, 0.2) is 5.78 Å². The van der Waals surface area contributed by atoms with Crippen LogP contribution in [0, 0.1) is 28.6 Å². The maximum absolute atomic E-state index is 13.6. The van der Waals surface area contributed by atoms with Crippen molar-refractivity contribution < 1.29 is 14.6 Å². The van der Waals surface area contributed by atoms with E-state index in [0.717, 1.165) is 69.0 Å². The Morgan fingerprint density at radius 3 is 2.83 bits per heavy atom. The fourth-order valence-electron chi connectivity index (χ4n) is 8.27. The highest BCUT2D eigenvalue weighted by Gasteiger charge is 2.53. The highest BCUT2D eigenvalue weighted by Crippen LogP contribution is 2.58. The highest BCUT2D eigenvalue weighted by molar-refractivity contribution is 6.31. The molecular formula is C29H42ClN3O3. The Morgan fingerprint density at radius 1 is 1.19 bits per heavy atom.